The molecule has 1 aromatic heterocycles. The van der Waals surface area contributed by atoms with Gasteiger partial charge in [-0.25, -0.2) is 9.97 Å². The minimum absolute atomic E-state index is 0.815. The highest BCUT2D eigenvalue weighted by Gasteiger charge is 2.27. The normalized spacial score (nSPS) is 22.4. The summed E-state index contributed by atoms with van der Waals surface area (Å²) >= 11 is 0. The largest absolute Gasteiger partial charge is 0.341 e. The second kappa shape index (κ2) is 4.81. The molecule has 1 fully saturated rings. The molecular weight excluding hydrogens is 198 g/mol. The van der Waals surface area contributed by atoms with Crippen LogP contribution in [0.25, 0.3) is 0 Å². The monoisotopic (exact) mass is 219 g/mol. The lowest BCUT2D eigenvalue weighted by Gasteiger charge is -2.19. The SMILES string of the molecule is CCC(C)[C@@H]1CCN(c2ncc(C)cn2)C1. The van der Waals surface area contributed by atoms with Gasteiger partial charge in [-0.15, -0.1) is 0 Å². The molecule has 0 radical (unpaired) electrons. The molecule has 2 heterocycles. The Morgan fingerprint density at radius 3 is 2.75 bits per heavy atom. The Balaban J connectivity index is 2.00. The molecule has 1 aliphatic heterocycles. The molecule has 0 N–H and O–H groups in total. The van der Waals surface area contributed by atoms with Crippen LogP contribution in [0.1, 0.15) is 32.3 Å². The third-order valence-corrected chi connectivity index (χ3v) is 3.72. The Morgan fingerprint density at radius 2 is 2.12 bits per heavy atom. The highest BCUT2D eigenvalue weighted by molar-refractivity contribution is 5.31. The van der Waals surface area contributed by atoms with Crippen LogP contribution < -0.4 is 4.90 Å². The fraction of sp³-hybridized carbons (Fsp3) is 0.692. The van der Waals surface area contributed by atoms with Gasteiger partial charge in [-0.2, -0.15) is 0 Å². The first-order valence-electron chi connectivity index (χ1n) is 6.24. The van der Waals surface area contributed by atoms with E-state index in [1.54, 1.807) is 0 Å². The molecule has 1 saturated heterocycles. The summed E-state index contributed by atoms with van der Waals surface area (Å²) in [4.78, 5) is 11.1. The molecule has 0 aromatic carbocycles. The van der Waals surface area contributed by atoms with E-state index in [1.165, 1.54) is 12.8 Å². The minimum atomic E-state index is 0.815. The van der Waals surface area contributed by atoms with E-state index in [0.717, 1.165) is 36.4 Å². The van der Waals surface area contributed by atoms with Crippen LogP contribution >= 0.6 is 0 Å². The molecular formula is C13H21N3. The standard InChI is InChI=1S/C13H21N3/c1-4-11(3)12-5-6-16(9-12)13-14-7-10(2)8-15-13/h7-8,11-12H,4-6,9H2,1-3H3/t11?,12-/m1/s1. The van der Waals surface area contributed by atoms with E-state index in [4.69, 9.17) is 0 Å². The summed E-state index contributed by atoms with van der Waals surface area (Å²) in [5.74, 6) is 2.53. The quantitative estimate of drug-likeness (QED) is 0.782. The third kappa shape index (κ3) is 2.34. The Kier molecular flexibility index (Phi) is 3.42. The number of aryl methyl sites for hydroxylation is 1. The van der Waals surface area contributed by atoms with Crippen LogP contribution in [-0.2, 0) is 0 Å². The van der Waals surface area contributed by atoms with Gasteiger partial charge in [0.2, 0.25) is 5.95 Å². The van der Waals surface area contributed by atoms with E-state index in [0.29, 0.717) is 0 Å². The lowest BCUT2D eigenvalue weighted by atomic mass is 9.91. The van der Waals surface area contributed by atoms with E-state index >= 15 is 0 Å². The average molecular weight is 219 g/mol. The van der Waals surface area contributed by atoms with Gasteiger partial charge < -0.3 is 4.90 Å². The van der Waals surface area contributed by atoms with Crippen molar-refractivity contribution < 1.29 is 0 Å². The topological polar surface area (TPSA) is 29.0 Å². The molecule has 1 aromatic rings. The van der Waals surface area contributed by atoms with Crippen molar-refractivity contribution in [3.05, 3.63) is 18.0 Å². The number of aromatic nitrogens is 2. The van der Waals surface area contributed by atoms with E-state index in [9.17, 15) is 0 Å². The number of hydrogen-bond acceptors (Lipinski definition) is 3. The number of hydrogen-bond donors (Lipinski definition) is 0. The summed E-state index contributed by atoms with van der Waals surface area (Å²) in [5.41, 5.74) is 1.13. The van der Waals surface area contributed by atoms with Crippen molar-refractivity contribution in [2.45, 2.75) is 33.6 Å². The highest BCUT2D eigenvalue weighted by Crippen LogP contribution is 2.27. The summed E-state index contributed by atoms with van der Waals surface area (Å²) in [7, 11) is 0. The molecule has 0 bridgehead atoms. The van der Waals surface area contributed by atoms with Crippen molar-refractivity contribution in [2.24, 2.45) is 11.8 Å². The van der Waals surface area contributed by atoms with Crippen LogP contribution in [0.5, 0.6) is 0 Å². The Morgan fingerprint density at radius 1 is 1.44 bits per heavy atom. The Bertz CT molecular complexity index is 334. The zero-order chi connectivity index (χ0) is 11.5. The van der Waals surface area contributed by atoms with Gasteiger partial charge in [-0.3, -0.25) is 0 Å². The molecule has 0 spiro atoms. The maximum atomic E-state index is 4.39. The molecule has 88 valence electrons. The lowest BCUT2D eigenvalue weighted by Crippen LogP contribution is -2.23. The van der Waals surface area contributed by atoms with Crippen molar-refractivity contribution in [1.29, 1.82) is 0 Å². The minimum Gasteiger partial charge on any atom is -0.341 e. The van der Waals surface area contributed by atoms with Gasteiger partial charge in [0, 0.05) is 25.5 Å². The third-order valence-electron chi connectivity index (χ3n) is 3.72. The van der Waals surface area contributed by atoms with Crippen LogP contribution in [0.2, 0.25) is 0 Å². The Hall–Kier alpha value is -1.12. The molecule has 3 heteroatoms. The van der Waals surface area contributed by atoms with Crippen LogP contribution in [0.3, 0.4) is 0 Å². The van der Waals surface area contributed by atoms with E-state index in [1.807, 2.05) is 19.3 Å². The fourth-order valence-corrected chi connectivity index (χ4v) is 2.32. The zero-order valence-electron chi connectivity index (χ0n) is 10.5. The van der Waals surface area contributed by atoms with Gasteiger partial charge in [0.15, 0.2) is 0 Å². The number of anilines is 1. The van der Waals surface area contributed by atoms with Crippen LogP contribution in [0.4, 0.5) is 5.95 Å². The molecule has 2 rings (SSSR count). The number of rotatable bonds is 3. The van der Waals surface area contributed by atoms with Crippen molar-refractivity contribution in [2.75, 3.05) is 18.0 Å². The van der Waals surface area contributed by atoms with Gasteiger partial charge in [-0.05, 0) is 30.7 Å². The number of nitrogens with zero attached hydrogens (tertiary/aromatic N) is 3. The zero-order valence-corrected chi connectivity index (χ0v) is 10.5. The van der Waals surface area contributed by atoms with Crippen molar-refractivity contribution in [3.8, 4) is 0 Å². The van der Waals surface area contributed by atoms with Crippen LogP contribution in [-0.4, -0.2) is 23.1 Å². The smallest absolute Gasteiger partial charge is 0.225 e. The highest BCUT2D eigenvalue weighted by atomic mass is 15.3. The van der Waals surface area contributed by atoms with Gasteiger partial charge in [0.25, 0.3) is 0 Å². The molecule has 2 atom stereocenters. The molecule has 1 unspecified atom stereocenters. The lowest BCUT2D eigenvalue weighted by molar-refractivity contribution is 0.379. The van der Waals surface area contributed by atoms with E-state index in [2.05, 4.69) is 28.7 Å². The first-order valence-corrected chi connectivity index (χ1v) is 6.24. The second-order valence-electron chi connectivity index (χ2n) is 4.94. The first-order chi connectivity index (χ1) is 7.70. The maximum absolute atomic E-state index is 4.39. The van der Waals surface area contributed by atoms with Crippen molar-refractivity contribution in [3.63, 3.8) is 0 Å². The Labute approximate surface area is 97.9 Å². The fourth-order valence-electron chi connectivity index (χ4n) is 2.32. The summed E-state index contributed by atoms with van der Waals surface area (Å²) < 4.78 is 0. The van der Waals surface area contributed by atoms with Gasteiger partial charge in [0.1, 0.15) is 0 Å². The maximum Gasteiger partial charge on any atom is 0.225 e. The predicted octanol–water partition coefficient (Wildman–Crippen LogP) is 2.66. The van der Waals surface area contributed by atoms with Gasteiger partial charge >= 0.3 is 0 Å². The average Bonchev–Trinajstić information content (AvgIpc) is 2.78. The van der Waals surface area contributed by atoms with Crippen molar-refractivity contribution in [1.82, 2.24) is 9.97 Å². The van der Waals surface area contributed by atoms with Crippen molar-refractivity contribution >= 4 is 5.95 Å². The van der Waals surface area contributed by atoms with Gasteiger partial charge in [-0.1, -0.05) is 20.3 Å². The molecule has 1 aliphatic rings. The molecule has 0 amide bonds. The first kappa shape index (κ1) is 11.4. The summed E-state index contributed by atoms with van der Waals surface area (Å²) in [6, 6.07) is 0. The van der Waals surface area contributed by atoms with E-state index in [-0.39, 0.29) is 0 Å². The van der Waals surface area contributed by atoms with E-state index < -0.39 is 0 Å². The second-order valence-corrected chi connectivity index (χ2v) is 4.94. The summed E-state index contributed by atoms with van der Waals surface area (Å²) in [6.07, 6.45) is 6.36. The molecule has 0 saturated carbocycles. The van der Waals surface area contributed by atoms with Gasteiger partial charge in [0.05, 0.1) is 0 Å². The molecule has 0 aliphatic carbocycles. The van der Waals surface area contributed by atoms with Crippen LogP contribution in [0.15, 0.2) is 12.4 Å². The summed E-state index contributed by atoms with van der Waals surface area (Å²) in [5, 5.41) is 0. The molecule has 3 nitrogen and oxygen atoms in total. The summed E-state index contributed by atoms with van der Waals surface area (Å²) in [6.45, 7) is 8.88. The molecule has 16 heavy (non-hydrogen) atoms. The predicted molar refractivity (Wildman–Crippen MR) is 66.5 cm³/mol. The van der Waals surface area contributed by atoms with Crippen LogP contribution in [0, 0.1) is 18.8 Å².